The van der Waals surface area contributed by atoms with E-state index < -0.39 is 6.04 Å². The van der Waals surface area contributed by atoms with Gasteiger partial charge in [-0.05, 0) is 31.6 Å². The van der Waals surface area contributed by atoms with Crippen LogP contribution in [0.2, 0.25) is 0 Å². The number of nitrogens with zero attached hydrogens (tertiary/aromatic N) is 1. The van der Waals surface area contributed by atoms with Gasteiger partial charge in [-0.2, -0.15) is 0 Å². The second-order valence-corrected chi connectivity index (χ2v) is 7.70. The van der Waals surface area contributed by atoms with Crippen LogP contribution in [0.5, 0.6) is 0 Å². The monoisotopic (exact) mass is 348 g/mol. The Morgan fingerprint density at radius 1 is 1.12 bits per heavy atom. The van der Waals surface area contributed by atoms with Crippen LogP contribution in [0.1, 0.15) is 65.7 Å². The first kappa shape index (κ1) is 19.7. The molecule has 1 heterocycles. The summed E-state index contributed by atoms with van der Waals surface area (Å²) in [6.45, 7) is 6.79. The van der Waals surface area contributed by atoms with Gasteiger partial charge < -0.3 is 5.32 Å². The van der Waals surface area contributed by atoms with Crippen LogP contribution in [-0.4, -0.2) is 35.2 Å². The molecule has 3 amide bonds. The summed E-state index contributed by atoms with van der Waals surface area (Å²) in [7, 11) is 0. The molecule has 3 atom stereocenters. The number of nitrogens with one attached hydrogen (secondary N) is 1. The van der Waals surface area contributed by atoms with Crippen LogP contribution < -0.4 is 5.32 Å². The highest BCUT2D eigenvalue weighted by Crippen LogP contribution is 2.37. The number of hydrogen-bond donors (Lipinski definition) is 1. The van der Waals surface area contributed by atoms with Crippen molar-refractivity contribution < 1.29 is 14.4 Å². The SMILES string of the molecule is CCCCCCNC(=O)C(CC(C)C)N1C(=O)C2CC=CCC2C1=O. The molecule has 140 valence electrons. The summed E-state index contributed by atoms with van der Waals surface area (Å²) in [6, 6.07) is -0.670. The third kappa shape index (κ3) is 4.71. The largest absolute Gasteiger partial charge is 0.354 e. The smallest absolute Gasteiger partial charge is 0.243 e. The number of fused-ring (bicyclic) bond motifs is 1. The third-order valence-electron chi connectivity index (χ3n) is 5.18. The molecule has 2 rings (SSSR count). The highest BCUT2D eigenvalue weighted by atomic mass is 16.2. The summed E-state index contributed by atoms with van der Waals surface area (Å²) in [5, 5.41) is 2.95. The normalized spacial score (nSPS) is 23.9. The van der Waals surface area contributed by atoms with Crippen LogP contribution >= 0.6 is 0 Å². The summed E-state index contributed by atoms with van der Waals surface area (Å²) in [4.78, 5) is 39.6. The Bertz CT molecular complexity index is 501. The number of rotatable bonds is 9. The summed E-state index contributed by atoms with van der Waals surface area (Å²) < 4.78 is 0. The molecule has 0 aromatic heterocycles. The van der Waals surface area contributed by atoms with Gasteiger partial charge in [0.25, 0.3) is 0 Å². The van der Waals surface area contributed by atoms with E-state index in [2.05, 4.69) is 12.2 Å². The van der Waals surface area contributed by atoms with Gasteiger partial charge >= 0.3 is 0 Å². The van der Waals surface area contributed by atoms with Crippen LogP contribution in [0, 0.1) is 17.8 Å². The lowest BCUT2D eigenvalue weighted by molar-refractivity contribution is -0.148. The van der Waals surface area contributed by atoms with E-state index in [-0.39, 0.29) is 35.5 Å². The molecule has 25 heavy (non-hydrogen) atoms. The van der Waals surface area contributed by atoms with E-state index in [1.807, 2.05) is 26.0 Å². The van der Waals surface area contributed by atoms with Crippen LogP contribution in [0.25, 0.3) is 0 Å². The molecule has 1 aliphatic heterocycles. The minimum absolute atomic E-state index is 0.161. The fourth-order valence-electron chi connectivity index (χ4n) is 3.79. The van der Waals surface area contributed by atoms with Crippen molar-refractivity contribution in [3.63, 3.8) is 0 Å². The van der Waals surface area contributed by atoms with Crippen molar-refractivity contribution in [2.45, 2.75) is 71.8 Å². The quantitative estimate of drug-likeness (QED) is 0.396. The summed E-state index contributed by atoms with van der Waals surface area (Å²) in [6.07, 6.45) is 10.0. The van der Waals surface area contributed by atoms with Crippen LogP contribution in [0.3, 0.4) is 0 Å². The average Bonchev–Trinajstić information content (AvgIpc) is 2.84. The van der Waals surface area contributed by atoms with Crippen molar-refractivity contribution in [2.24, 2.45) is 17.8 Å². The molecule has 0 spiro atoms. The van der Waals surface area contributed by atoms with Gasteiger partial charge in [0.15, 0.2) is 0 Å². The van der Waals surface area contributed by atoms with Gasteiger partial charge in [-0.1, -0.05) is 52.2 Å². The molecule has 1 N–H and O–H groups in total. The number of allylic oxidation sites excluding steroid dienone is 2. The van der Waals surface area contributed by atoms with Crippen molar-refractivity contribution >= 4 is 17.7 Å². The van der Waals surface area contributed by atoms with E-state index in [1.165, 1.54) is 4.90 Å². The van der Waals surface area contributed by atoms with Gasteiger partial charge in [-0.3, -0.25) is 19.3 Å². The van der Waals surface area contributed by atoms with Gasteiger partial charge in [0.1, 0.15) is 6.04 Å². The first-order valence-electron chi connectivity index (χ1n) is 9.77. The maximum atomic E-state index is 12.8. The molecule has 0 bridgehead atoms. The molecule has 5 nitrogen and oxygen atoms in total. The van der Waals surface area contributed by atoms with E-state index in [4.69, 9.17) is 0 Å². The lowest BCUT2D eigenvalue weighted by Gasteiger charge is -2.27. The molecular weight excluding hydrogens is 316 g/mol. The standard InChI is InChI=1S/C20H32N2O3/c1-4-5-6-9-12-21-18(23)17(13-14(2)3)22-19(24)15-10-7-8-11-16(15)20(22)25/h7-8,14-17H,4-6,9-13H2,1-3H3,(H,21,23). The molecule has 3 unspecified atom stereocenters. The number of carbonyl (C=O) groups excluding carboxylic acids is 3. The van der Waals surface area contributed by atoms with Crippen LogP contribution in [-0.2, 0) is 14.4 Å². The molecule has 1 saturated heterocycles. The second-order valence-electron chi connectivity index (χ2n) is 7.70. The van der Waals surface area contributed by atoms with E-state index in [0.717, 1.165) is 25.7 Å². The number of likely N-dealkylation sites (tertiary alicyclic amines) is 1. The number of carbonyl (C=O) groups is 3. The molecule has 0 saturated carbocycles. The molecule has 0 aromatic rings. The lowest BCUT2D eigenvalue weighted by Crippen LogP contribution is -2.50. The highest BCUT2D eigenvalue weighted by molar-refractivity contribution is 6.08. The average molecular weight is 348 g/mol. The summed E-state index contributed by atoms with van der Waals surface area (Å²) in [5.74, 6) is -0.818. The lowest BCUT2D eigenvalue weighted by atomic mass is 9.85. The summed E-state index contributed by atoms with van der Waals surface area (Å²) >= 11 is 0. The Hall–Kier alpha value is -1.65. The predicted molar refractivity (Wildman–Crippen MR) is 97.6 cm³/mol. The van der Waals surface area contributed by atoms with E-state index >= 15 is 0 Å². The van der Waals surface area contributed by atoms with Crippen LogP contribution in [0.4, 0.5) is 0 Å². The van der Waals surface area contributed by atoms with Crippen molar-refractivity contribution in [1.29, 1.82) is 0 Å². The first-order valence-corrected chi connectivity index (χ1v) is 9.77. The Morgan fingerprint density at radius 2 is 1.72 bits per heavy atom. The van der Waals surface area contributed by atoms with Gasteiger partial charge in [-0.15, -0.1) is 0 Å². The zero-order chi connectivity index (χ0) is 18.4. The molecule has 0 aromatic carbocycles. The Kier molecular flexibility index (Phi) is 7.21. The number of amides is 3. The molecule has 5 heteroatoms. The van der Waals surface area contributed by atoms with Crippen molar-refractivity contribution in [3.8, 4) is 0 Å². The topological polar surface area (TPSA) is 66.5 Å². The number of unbranched alkanes of at least 4 members (excludes halogenated alkanes) is 3. The van der Waals surface area contributed by atoms with E-state index in [1.54, 1.807) is 0 Å². The van der Waals surface area contributed by atoms with Crippen molar-refractivity contribution in [1.82, 2.24) is 10.2 Å². The first-order chi connectivity index (χ1) is 12.0. The van der Waals surface area contributed by atoms with Gasteiger partial charge in [-0.25, -0.2) is 0 Å². The Balaban J connectivity index is 2.05. The number of imide groups is 1. The van der Waals surface area contributed by atoms with Gasteiger partial charge in [0.05, 0.1) is 11.8 Å². The zero-order valence-electron chi connectivity index (χ0n) is 15.8. The Labute approximate surface area is 151 Å². The molecule has 1 fully saturated rings. The fraction of sp³-hybridized carbons (Fsp3) is 0.750. The van der Waals surface area contributed by atoms with Crippen LogP contribution in [0.15, 0.2) is 12.2 Å². The second kappa shape index (κ2) is 9.16. The van der Waals surface area contributed by atoms with Gasteiger partial charge in [0.2, 0.25) is 17.7 Å². The molecule has 1 aliphatic carbocycles. The minimum atomic E-state index is -0.670. The highest BCUT2D eigenvalue weighted by Gasteiger charge is 2.51. The van der Waals surface area contributed by atoms with Crippen molar-refractivity contribution in [3.05, 3.63) is 12.2 Å². The zero-order valence-corrected chi connectivity index (χ0v) is 15.8. The third-order valence-corrected chi connectivity index (χ3v) is 5.18. The molecular formula is C20H32N2O3. The Morgan fingerprint density at radius 3 is 2.24 bits per heavy atom. The van der Waals surface area contributed by atoms with E-state index in [9.17, 15) is 14.4 Å². The van der Waals surface area contributed by atoms with Crippen molar-refractivity contribution in [2.75, 3.05) is 6.54 Å². The van der Waals surface area contributed by atoms with Gasteiger partial charge in [0, 0.05) is 6.54 Å². The maximum Gasteiger partial charge on any atom is 0.243 e. The minimum Gasteiger partial charge on any atom is -0.354 e. The number of hydrogen-bond acceptors (Lipinski definition) is 3. The molecule has 0 radical (unpaired) electrons. The fourth-order valence-corrected chi connectivity index (χ4v) is 3.79. The molecule has 2 aliphatic rings. The predicted octanol–water partition coefficient (Wildman–Crippen LogP) is 3.05. The summed E-state index contributed by atoms with van der Waals surface area (Å²) in [5.41, 5.74) is 0. The van der Waals surface area contributed by atoms with E-state index in [0.29, 0.717) is 25.8 Å². The maximum absolute atomic E-state index is 12.8.